The summed E-state index contributed by atoms with van der Waals surface area (Å²) in [5.41, 5.74) is 5.83. The maximum atomic E-state index is 10.7. The molecule has 2 aromatic heterocycles. The minimum absolute atomic E-state index is 0.222. The summed E-state index contributed by atoms with van der Waals surface area (Å²) in [6.07, 6.45) is 0. The standard InChI is InChI=1S/C5H4N4O2/c6-4-2-1-3-5(7-4)8-11-9(3)10/h1-2H,(H2,6,7,8). The summed E-state index contributed by atoms with van der Waals surface area (Å²) in [5.74, 6) is 0.311. The number of anilines is 1. The van der Waals surface area contributed by atoms with Crippen LogP contribution >= 0.6 is 0 Å². The summed E-state index contributed by atoms with van der Waals surface area (Å²) >= 11 is 0. The maximum Gasteiger partial charge on any atom is 0.342 e. The minimum atomic E-state index is 0.222. The van der Waals surface area contributed by atoms with Gasteiger partial charge < -0.3 is 10.9 Å². The predicted molar refractivity (Wildman–Crippen MR) is 35.2 cm³/mol. The molecule has 11 heavy (non-hydrogen) atoms. The fraction of sp³-hybridized carbons (Fsp3) is 0. The molecule has 2 rings (SSSR count). The molecule has 0 amide bonds. The lowest BCUT2D eigenvalue weighted by molar-refractivity contribution is -0.782. The number of nitrogens with two attached hydrogens (primary N) is 1. The van der Waals surface area contributed by atoms with Gasteiger partial charge in [-0.3, -0.25) is 4.63 Å². The van der Waals surface area contributed by atoms with Gasteiger partial charge in [0.25, 0.3) is 0 Å². The quantitative estimate of drug-likeness (QED) is 0.510. The van der Waals surface area contributed by atoms with Crippen molar-refractivity contribution in [2.45, 2.75) is 0 Å². The second kappa shape index (κ2) is 1.82. The summed E-state index contributed by atoms with van der Waals surface area (Å²) in [6.45, 7) is 0. The van der Waals surface area contributed by atoms with Gasteiger partial charge in [-0.2, -0.15) is 4.98 Å². The van der Waals surface area contributed by atoms with Gasteiger partial charge in [0.05, 0.1) is 5.16 Å². The van der Waals surface area contributed by atoms with E-state index in [2.05, 4.69) is 14.8 Å². The number of hydrogen-bond acceptors (Lipinski definition) is 5. The first-order chi connectivity index (χ1) is 5.27. The molecule has 6 heteroatoms. The minimum Gasteiger partial charge on any atom is -0.384 e. The molecular formula is C5H4N4O2. The van der Waals surface area contributed by atoms with Crippen LogP contribution in [0.1, 0.15) is 0 Å². The fourth-order valence-electron chi connectivity index (χ4n) is 0.785. The van der Waals surface area contributed by atoms with Crippen molar-refractivity contribution in [3.05, 3.63) is 17.3 Å². The zero-order valence-electron chi connectivity index (χ0n) is 5.39. The van der Waals surface area contributed by atoms with Gasteiger partial charge in [-0.05, 0) is 17.0 Å². The van der Waals surface area contributed by atoms with Crippen LogP contribution in [0.15, 0.2) is 16.8 Å². The maximum absolute atomic E-state index is 10.7. The Morgan fingerprint density at radius 3 is 3.18 bits per heavy atom. The Hall–Kier alpha value is -1.85. The SMILES string of the molecule is Nc1ccc2c(no[n+]2[O-])n1. The first-order valence-electron chi connectivity index (χ1n) is 2.89. The first kappa shape index (κ1) is 5.90. The molecule has 0 aromatic carbocycles. The molecule has 2 heterocycles. The van der Waals surface area contributed by atoms with Crippen LogP contribution in [0.25, 0.3) is 11.2 Å². The lowest BCUT2D eigenvalue weighted by atomic mass is 10.4. The Morgan fingerprint density at radius 2 is 2.36 bits per heavy atom. The molecule has 0 aliphatic carbocycles. The molecule has 0 bridgehead atoms. The van der Waals surface area contributed by atoms with E-state index in [1.807, 2.05) is 0 Å². The van der Waals surface area contributed by atoms with Gasteiger partial charge in [0.2, 0.25) is 5.52 Å². The van der Waals surface area contributed by atoms with Crippen molar-refractivity contribution in [1.82, 2.24) is 10.1 Å². The highest BCUT2D eigenvalue weighted by atomic mass is 16.8. The number of nitrogens with zero attached hydrogens (tertiary/aromatic N) is 3. The van der Waals surface area contributed by atoms with Crippen molar-refractivity contribution in [3.63, 3.8) is 0 Å². The summed E-state index contributed by atoms with van der Waals surface area (Å²) in [4.78, 5) is 4.03. The van der Waals surface area contributed by atoms with Gasteiger partial charge in [0, 0.05) is 0 Å². The van der Waals surface area contributed by atoms with Crippen molar-refractivity contribution in [1.29, 1.82) is 0 Å². The number of nitrogen functional groups attached to an aromatic ring is 1. The molecular weight excluding hydrogens is 148 g/mol. The summed E-state index contributed by atoms with van der Waals surface area (Å²) in [7, 11) is 0. The molecule has 0 spiro atoms. The second-order valence-corrected chi connectivity index (χ2v) is 2.01. The summed E-state index contributed by atoms with van der Waals surface area (Å²) < 4.78 is 4.26. The van der Waals surface area contributed by atoms with Crippen LogP contribution in [0.4, 0.5) is 5.82 Å². The van der Waals surface area contributed by atoms with Crippen LogP contribution in [0, 0.1) is 5.21 Å². The van der Waals surface area contributed by atoms with Crippen LogP contribution in [0.5, 0.6) is 0 Å². The van der Waals surface area contributed by atoms with Gasteiger partial charge in [0.15, 0.2) is 0 Å². The highest BCUT2D eigenvalue weighted by Gasteiger charge is 2.09. The van der Waals surface area contributed by atoms with E-state index in [9.17, 15) is 5.21 Å². The Bertz CT molecular complexity index is 396. The highest BCUT2D eigenvalue weighted by Crippen LogP contribution is 2.05. The van der Waals surface area contributed by atoms with Gasteiger partial charge >= 0.3 is 5.65 Å². The molecule has 0 saturated heterocycles. The van der Waals surface area contributed by atoms with E-state index < -0.39 is 0 Å². The number of hydrogen-bond donors (Lipinski definition) is 1. The zero-order valence-corrected chi connectivity index (χ0v) is 5.39. The van der Waals surface area contributed by atoms with E-state index in [0.29, 0.717) is 5.82 Å². The largest absolute Gasteiger partial charge is 0.384 e. The predicted octanol–water partition coefficient (Wildman–Crippen LogP) is -0.562. The smallest absolute Gasteiger partial charge is 0.342 e. The average Bonchev–Trinajstić information content (AvgIpc) is 2.32. The second-order valence-electron chi connectivity index (χ2n) is 2.01. The third-order valence-corrected chi connectivity index (χ3v) is 1.27. The van der Waals surface area contributed by atoms with Crippen LogP contribution in [0.3, 0.4) is 0 Å². The van der Waals surface area contributed by atoms with Gasteiger partial charge in [0.1, 0.15) is 5.82 Å². The Labute approximate surface area is 60.8 Å². The van der Waals surface area contributed by atoms with Gasteiger partial charge in [-0.1, -0.05) is 0 Å². The molecule has 0 unspecified atom stereocenters. The number of pyridine rings is 1. The number of aromatic nitrogens is 3. The third-order valence-electron chi connectivity index (χ3n) is 1.27. The molecule has 0 aliphatic rings. The topological polar surface area (TPSA) is 91.9 Å². The molecule has 0 atom stereocenters. The van der Waals surface area contributed by atoms with Crippen molar-refractivity contribution >= 4 is 17.0 Å². The number of rotatable bonds is 0. The van der Waals surface area contributed by atoms with Crippen molar-refractivity contribution in [2.24, 2.45) is 0 Å². The van der Waals surface area contributed by atoms with E-state index in [-0.39, 0.29) is 16.1 Å². The van der Waals surface area contributed by atoms with E-state index in [1.165, 1.54) is 12.1 Å². The van der Waals surface area contributed by atoms with Gasteiger partial charge in [-0.15, -0.1) is 0 Å². The van der Waals surface area contributed by atoms with E-state index in [4.69, 9.17) is 5.73 Å². The van der Waals surface area contributed by atoms with Crippen LogP contribution < -0.4 is 10.6 Å². The lowest BCUT2D eigenvalue weighted by Gasteiger charge is -1.86. The Morgan fingerprint density at radius 1 is 1.55 bits per heavy atom. The molecule has 2 aromatic rings. The molecule has 0 saturated carbocycles. The molecule has 6 nitrogen and oxygen atoms in total. The van der Waals surface area contributed by atoms with E-state index in [0.717, 1.165) is 0 Å². The fourth-order valence-corrected chi connectivity index (χ4v) is 0.785. The molecule has 0 fully saturated rings. The van der Waals surface area contributed by atoms with E-state index in [1.54, 1.807) is 0 Å². The zero-order chi connectivity index (χ0) is 7.84. The highest BCUT2D eigenvalue weighted by molar-refractivity contribution is 5.67. The lowest BCUT2D eigenvalue weighted by Crippen LogP contribution is -2.22. The van der Waals surface area contributed by atoms with Crippen LogP contribution in [-0.4, -0.2) is 10.1 Å². The summed E-state index contributed by atoms with van der Waals surface area (Å²) in [6, 6.07) is 3.01. The monoisotopic (exact) mass is 152 g/mol. The third kappa shape index (κ3) is 0.759. The molecule has 0 radical (unpaired) electrons. The van der Waals surface area contributed by atoms with Crippen molar-refractivity contribution in [2.75, 3.05) is 5.73 Å². The van der Waals surface area contributed by atoms with Gasteiger partial charge in [-0.25, -0.2) is 0 Å². The molecule has 0 aliphatic heterocycles. The first-order valence-corrected chi connectivity index (χ1v) is 2.89. The number of fused-ring (bicyclic) bond motifs is 1. The van der Waals surface area contributed by atoms with E-state index >= 15 is 0 Å². The normalized spacial score (nSPS) is 10.5. The van der Waals surface area contributed by atoms with Crippen molar-refractivity contribution < 1.29 is 9.53 Å². The molecule has 56 valence electrons. The van der Waals surface area contributed by atoms with Crippen LogP contribution in [-0.2, 0) is 0 Å². The molecule has 2 N–H and O–H groups in total. The summed E-state index contributed by atoms with van der Waals surface area (Å²) in [5, 5.41) is 14.1. The van der Waals surface area contributed by atoms with Crippen LogP contribution in [0.2, 0.25) is 0 Å². The Balaban J connectivity index is 2.86. The van der Waals surface area contributed by atoms with Crippen molar-refractivity contribution in [3.8, 4) is 0 Å². The average molecular weight is 152 g/mol. The Kier molecular flexibility index (Phi) is 0.974.